The van der Waals surface area contributed by atoms with Crippen molar-refractivity contribution in [3.05, 3.63) is 23.2 Å². The molecule has 1 heterocycles. The third-order valence-corrected chi connectivity index (χ3v) is 4.04. The van der Waals surface area contributed by atoms with E-state index in [0.29, 0.717) is 23.0 Å². The Morgan fingerprint density at radius 2 is 2.16 bits per heavy atom. The first-order chi connectivity index (χ1) is 12.0. The van der Waals surface area contributed by atoms with E-state index in [1.807, 2.05) is 6.92 Å². The number of methoxy groups -OCH3 is 1. The number of esters is 1. The van der Waals surface area contributed by atoms with E-state index in [0.717, 1.165) is 6.42 Å². The number of nitrogens with zero attached hydrogens (tertiary/aromatic N) is 1. The Kier molecular flexibility index (Phi) is 6.64. The number of carbonyl (C=O) groups is 3. The Balaban J connectivity index is 1.99. The molecule has 1 atom stereocenters. The fourth-order valence-corrected chi connectivity index (χ4v) is 2.71. The summed E-state index contributed by atoms with van der Waals surface area (Å²) in [6, 6.07) is 4.93. The summed E-state index contributed by atoms with van der Waals surface area (Å²) in [7, 11) is 1.49. The van der Waals surface area contributed by atoms with Crippen LogP contribution in [0.15, 0.2) is 18.2 Å². The molecule has 1 aromatic carbocycles. The zero-order chi connectivity index (χ0) is 18.4. The molecule has 2 rings (SSSR count). The first-order valence-corrected chi connectivity index (χ1v) is 8.41. The van der Waals surface area contributed by atoms with Crippen molar-refractivity contribution in [2.75, 3.05) is 31.7 Å². The summed E-state index contributed by atoms with van der Waals surface area (Å²) >= 11 is 6.00. The smallest absolute Gasteiger partial charge is 0.311 e. The lowest BCUT2D eigenvalue weighted by molar-refractivity contribution is -0.152. The van der Waals surface area contributed by atoms with Crippen LogP contribution in [-0.2, 0) is 19.1 Å². The molecule has 8 heteroatoms. The monoisotopic (exact) mass is 368 g/mol. The fraction of sp³-hybridized carbons (Fsp3) is 0.471. The third kappa shape index (κ3) is 4.85. The first-order valence-electron chi connectivity index (χ1n) is 8.03. The normalized spacial score (nSPS) is 16.7. The zero-order valence-electron chi connectivity index (χ0n) is 14.2. The minimum absolute atomic E-state index is 0.0189. The van der Waals surface area contributed by atoms with Crippen LogP contribution in [0.3, 0.4) is 0 Å². The van der Waals surface area contributed by atoms with E-state index in [4.69, 9.17) is 21.1 Å². The maximum Gasteiger partial charge on any atom is 0.311 e. The number of amides is 2. The molecule has 25 heavy (non-hydrogen) atoms. The quantitative estimate of drug-likeness (QED) is 0.741. The molecule has 0 radical (unpaired) electrons. The maximum absolute atomic E-state index is 12.3. The molecule has 0 aliphatic carbocycles. The van der Waals surface area contributed by atoms with Crippen molar-refractivity contribution in [2.45, 2.75) is 19.8 Å². The largest absolute Gasteiger partial charge is 0.495 e. The molecule has 7 nitrogen and oxygen atoms in total. The van der Waals surface area contributed by atoms with Crippen LogP contribution < -0.4 is 15.0 Å². The minimum atomic E-state index is -0.629. The van der Waals surface area contributed by atoms with Crippen LogP contribution >= 0.6 is 11.6 Å². The van der Waals surface area contributed by atoms with Gasteiger partial charge in [-0.3, -0.25) is 14.4 Å². The molecular weight excluding hydrogens is 348 g/mol. The molecule has 2 amide bonds. The van der Waals surface area contributed by atoms with Gasteiger partial charge in [0.05, 0.1) is 18.7 Å². The molecule has 136 valence electrons. The molecule has 0 spiro atoms. The van der Waals surface area contributed by atoms with E-state index in [-0.39, 0.29) is 31.4 Å². The summed E-state index contributed by atoms with van der Waals surface area (Å²) in [5, 5.41) is 3.08. The topological polar surface area (TPSA) is 84.9 Å². The number of anilines is 1. The van der Waals surface area contributed by atoms with E-state index in [9.17, 15) is 14.4 Å². The molecule has 1 saturated heterocycles. The maximum atomic E-state index is 12.3. The predicted molar refractivity (Wildman–Crippen MR) is 92.7 cm³/mol. The van der Waals surface area contributed by atoms with Crippen molar-refractivity contribution in [3.8, 4) is 5.75 Å². The highest BCUT2D eigenvalue weighted by Gasteiger charge is 2.37. The molecule has 1 N–H and O–H groups in total. The first kappa shape index (κ1) is 19.1. The van der Waals surface area contributed by atoms with Gasteiger partial charge in [-0.15, -0.1) is 0 Å². The second-order valence-electron chi connectivity index (χ2n) is 5.68. The standard InChI is InChI=1S/C17H21ClN2O5/c1-3-6-19-15(21)10-25-17(23)11-7-16(22)20(9-11)13-8-12(18)4-5-14(13)24-2/h4-5,8,11H,3,6-7,9-10H2,1-2H3,(H,19,21)/t11-/m1/s1. The lowest BCUT2D eigenvalue weighted by Crippen LogP contribution is -2.31. The van der Waals surface area contributed by atoms with Gasteiger partial charge in [-0.25, -0.2) is 0 Å². The highest BCUT2D eigenvalue weighted by molar-refractivity contribution is 6.31. The van der Waals surface area contributed by atoms with Crippen molar-refractivity contribution in [1.29, 1.82) is 0 Å². The average molecular weight is 369 g/mol. The molecule has 0 unspecified atom stereocenters. The van der Waals surface area contributed by atoms with Crippen LogP contribution in [0.5, 0.6) is 5.75 Å². The van der Waals surface area contributed by atoms with E-state index >= 15 is 0 Å². The Labute approximate surface area is 151 Å². The van der Waals surface area contributed by atoms with Crippen LogP contribution in [0.4, 0.5) is 5.69 Å². The summed E-state index contributed by atoms with van der Waals surface area (Å²) in [4.78, 5) is 37.4. The molecule has 0 bridgehead atoms. The van der Waals surface area contributed by atoms with Crippen LogP contribution in [-0.4, -0.2) is 44.6 Å². The highest BCUT2D eigenvalue weighted by Crippen LogP contribution is 2.35. The van der Waals surface area contributed by atoms with Crippen molar-refractivity contribution >= 4 is 35.1 Å². The van der Waals surface area contributed by atoms with Crippen LogP contribution in [0.1, 0.15) is 19.8 Å². The van der Waals surface area contributed by atoms with Gasteiger partial charge >= 0.3 is 5.97 Å². The van der Waals surface area contributed by atoms with E-state index < -0.39 is 11.9 Å². The molecule has 0 saturated carbocycles. The van der Waals surface area contributed by atoms with Gasteiger partial charge in [0.25, 0.3) is 5.91 Å². The van der Waals surface area contributed by atoms with E-state index in [1.165, 1.54) is 12.0 Å². The van der Waals surface area contributed by atoms with Gasteiger partial charge in [-0.2, -0.15) is 0 Å². The molecule has 1 aromatic rings. The minimum Gasteiger partial charge on any atom is -0.495 e. The molecule has 0 aromatic heterocycles. The molecule has 1 aliphatic rings. The fourth-order valence-electron chi connectivity index (χ4n) is 2.54. The molecule has 1 fully saturated rings. The number of halogens is 1. The van der Waals surface area contributed by atoms with Crippen LogP contribution in [0.25, 0.3) is 0 Å². The van der Waals surface area contributed by atoms with E-state index in [2.05, 4.69) is 5.32 Å². The summed E-state index contributed by atoms with van der Waals surface area (Å²) in [6.07, 6.45) is 0.818. The Hall–Kier alpha value is -2.28. The van der Waals surface area contributed by atoms with Crippen LogP contribution in [0, 0.1) is 5.92 Å². The lowest BCUT2D eigenvalue weighted by atomic mass is 10.1. The third-order valence-electron chi connectivity index (χ3n) is 3.81. The SMILES string of the molecule is CCCNC(=O)COC(=O)[C@@H]1CC(=O)N(c2cc(Cl)ccc2OC)C1. The Morgan fingerprint density at radius 3 is 2.84 bits per heavy atom. The van der Waals surface area contributed by atoms with Gasteiger partial charge < -0.3 is 19.7 Å². The van der Waals surface area contributed by atoms with Gasteiger partial charge in [0.15, 0.2) is 6.61 Å². The van der Waals surface area contributed by atoms with Crippen molar-refractivity contribution in [1.82, 2.24) is 5.32 Å². The van der Waals surface area contributed by atoms with Crippen molar-refractivity contribution < 1.29 is 23.9 Å². The average Bonchev–Trinajstić information content (AvgIpc) is 2.99. The highest BCUT2D eigenvalue weighted by atomic mass is 35.5. The van der Waals surface area contributed by atoms with Gasteiger partial charge in [-0.05, 0) is 24.6 Å². The number of benzene rings is 1. The summed E-state index contributed by atoms with van der Waals surface area (Å²) in [6.45, 7) is 2.27. The van der Waals surface area contributed by atoms with Gasteiger partial charge in [0.1, 0.15) is 5.75 Å². The number of hydrogen-bond donors (Lipinski definition) is 1. The number of hydrogen-bond acceptors (Lipinski definition) is 5. The van der Waals surface area contributed by atoms with E-state index in [1.54, 1.807) is 18.2 Å². The van der Waals surface area contributed by atoms with Crippen molar-refractivity contribution in [2.24, 2.45) is 5.92 Å². The summed E-state index contributed by atoms with van der Waals surface area (Å²) < 4.78 is 10.3. The zero-order valence-corrected chi connectivity index (χ0v) is 15.0. The number of nitrogens with one attached hydrogen (secondary N) is 1. The van der Waals surface area contributed by atoms with Crippen molar-refractivity contribution in [3.63, 3.8) is 0 Å². The Bertz CT molecular complexity index is 664. The lowest BCUT2D eigenvalue weighted by Gasteiger charge is -2.19. The predicted octanol–water partition coefficient (Wildman–Crippen LogP) is 1.77. The number of rotatable bonds is 7. The Morgan fingerprint density at radius 1 is 1.40 bits per heavy atom. The van der Waals surface area contributed by atoms with Gasteiger partial charge in [-0.1, -0.05) is 18.5 Å². The number of ether oxygens (including phenoxy) is 2. The van der Waals surface area contributed by atoms with Gasteiger partial charge in [0.2, 0.25) is 5.91 Å². The number of carbonyl (C=O) groups excluding carboxylic acids is 3. The van der Waals surface area contributed by atoms with Crippen LogP contribution in [0.2, 0.25) is 5.02 Å². The molecular formula is C17H21ClN2O5. The molecule has 1 aliphatic heterocycles. The van der Waals surface area contributed by atoms with Gasteiger partial charge in [0, 0.05) is 24.5 Å². The second-order valence-corrected chi connectivity index (χ2v) is 6.12. The second kappa shape index (κ2) is 8.71. The summed E-state index contributed by atoms with van der Waals surface area (Å²) in [5.74, 6) is -1.28. The summed E-state index contributed by atoms with van der Waals surface area (Å²) in [5.41, 5.74) is 0.510.